The summed E-state index contributed by atoms with van der Waals surface area (Å²) >= 11 is 0. The van der Waals surface area contributed by atoms with Crippen LogP contribution in [0.2, 0.25) is 0 Å². The largest absolute Gasteiger partial charge is 0.481 e. The molecule has 1 heterocycles. The van der Waals surface area contributed by atoms with Crippen molar-refractivity contribution in [2.24, 2.45) is 11.8 Å². The van der Waals surface area contributed by atoms with Crippen molar-refractivity contribution in [3.63, 3.8) is 0 Å². The summed E-state index contributed by atoms with van der Waals surface area (Å²) in [6, 6.07) is 5.86. The number of hydrogen-bond acceptors (Lipinski definition) is 3. The number of rotatable bonds is 7. The molecule has 1 amide bonds. The fourth-order valence-electron chi connectivity index (χ4n) is 2.99. The van der Waals surface area contributed by atoms with E-state index in [1.54, 1.807) is 0 Å². The number of amides is 1. The van der Waals surface area contributed by atoms with Crippen molar-refractivity contribution in [1.29, 1.82) is 0 Å². The van der Waals surface area contributed by atoms with Gasteiger partial charge in [-0.25, -0.2) is 0 Å². The highest BCUT2D eigenvalue weighted by Crippen LogP contribution is 2.24. The minimum absolute atomic E-state index is 0.00859. The average Bonchev–Trinajstić information content (AvgIpc) is 2.60. The van der Waals surface area contributed by atoms with E-state index in [0.717, 1.165) is 0 Å². The molecule has 1 atom stereocenters. The average molecular weight is 373 g/mol. The van der Waals surface area contributed by atoms with Crippen molar-refractivity contribution < 1.29 is 32.6 Å². The van der Waals surface area contributed by atoms with Crippen LogP contribution in [0.4, 0.5) is 13.2 Å². The zero-order valence-corrected chi connectivity index (χ0v) is 14.2. The molecule has 1 aromatic carbocycles. The molecule has 1 unspecified atom stereocenters. The molecule has 26 heavy (non-hydrogen) atoms. The van der Waals surface area contributed by atoms with Crippen LogP contribution in [-0.2, 0) is 16.0 Å². The van der Waals surface area contributed by atoms with Crippen molar-refractivity contribution in [3.05, 3.63) is 35.4 Å². The quantitative estimate of drug-likeness (QED) is 0.770. The predicted octanol–water partition coefficient (Wildman–Crippen LogP) is 3.04. The van der Waals surface area contributed by atoms with Gasteiger partial charge in [0.1, 0.15) is 0 Å². The Hall–Kier alpha value is -2.09. The van der Waals surface area contributed by atoms with Crippen molar-refractivity contribution in [1.82, 2.24) is 5.32 Å². The molecule has 1 fully saturated rings. The third-order valence-electron chi connectivity index (χ3n) is 4.55. The van der Waals surface area contributed by atoms with Crippen LogP contribution in [0.25, 0.3) is 0 Å². The number of aliphatic carboxylic acids is 1. The first-order valence-electron chi connectivity index (χ1n) is 8.50. The lowest BCUT2D eigenvalue weighted by atomic mass is 9.86. The lowest BCUT2D eigenvalue weighted by Gasteiger charge is -2.27. The van der Waals surface area contributed by atoms with Crippen LogP contribution in [0, 0.1) is 11.8 Å². The van der Waals surface area contributed by atoms with Gasteiger partial charge in [0.2, 0.25) is 0 Å². The first kappa shape index (κ1) is 20.2. The molecule has 2 N–H and O–H groups in total. The summed E-state index contributed by atoms with van der Waals surface area (Å²) in [5.41, 5.74) is 0.779. The van der Waals surface area contributed by atoms with E-state index in [0.29, 0.717) is 31.6 Å². The highest BCUT2D eigenvalue weighted by Gasteiger charge is 2.30. The zero-order chi connectivity index (χ0) is 19.2. The van der Waals surface area contributed by atoms with Crippen LogP contribution in [0.3, 0.4) is 0 Å². The van der Waals surface area contributed by atoms with Crippen molar-refractivity contribution in [3.8, 4) is 0 Å². The highest BCUT2D eigenvalue weighted by molar-refractivity contribution is 5.94. The predicted molar refractivity (Wildman–Crippen MR) is 87.8 cm³/mol. The molecule has 1 aliphatic rings. The second-order valence-corrected chi connectivity index (χ2v) is 6.42. The van der Waals surface area contributed by atoms with Crippen LogP contribution in [0.1, 0.15) is 35.2 Å². The number of nitrogens with one attached hydrogen (secondary N) is 1. The molecule has 0 spiro atoms. The number of alkyl halides is 3. The molecule has 1 aliphatic heterocycles. The van der Waals surface area contributed by atoms with Crippen molar-refractivity contribution in [2.45, 2.75) is 31.9 Å². The van der Waals surface area contributed by atoms with Gasteiger partial charge in [-0.05, 0) is 42.9 Å². The number of ether oxygens (including phenoxy) is 1. The van der Waals surface area contributed by atoms with Gasteiger partial charge in [0.15, 0.2) is 0 Å². The van der Waals surface area contributed by atoms with E-state index in [1.807, 2.05) is 0 Å². The Morgan fingerprint density at radius 1 is 1.19 bits per heavy atom. The molecule has 0 saturated carbocycles. The minimum atomic E-state index is -4.22. The van der Waals surface area contributed by atoms with E-state index in [-0.39, 0.29) is 24.4 Å². The summed E-state index contributed by atoms with van der Waals surface area (Å²) in [6.07, 6.45) is -3.99. The van der Waals surface area contributed by atoms with E-state index in [1.165, 1.54) is 24.3 Å². The molecule has 1 aromatic rings. The van der Waals surface area contributed by atoms with Gasteiger partial charge < -0.3 is 15.2 Å². The second-order valence-electron chi connectivity index (χ2n) is 6.42. The highest BCUT2D eigenvalue weighted by atomic mass is 19.4. The third kappa shape index (κ3) is 6.33. The van der Waals surface area contributed by atoms with Crippen LogP contribution in [0.5, 0.6) is 0 Å². The maximum Gasteiger partial charge on any atom is 0.389 e. The maximum absolute atomic E-state index is 12.2. The summed E-state index contributed by atoms with van der Waals surface area (Å²) in [5.74, 6) is -2.13. The topological polar surface area (TPSA) is 75.6 Å². The molecule has 144 valence electrons. The molecule has 8 heteroatoms. The van der Waals surface area contributed by atoms with Crippen LogP contribution < -0.4 is 5.32 Å². The summed E-state index contributed by atoms with van der Waals surface area (Å²) < 4.78 is 41.9. The van der Waals surface area contributed by atoms with Gasteiger partial charge in [-0.3, -0.25) is 9.59 Å². The monoisotopic (exact) mass is 373 g/mol. The SMILES string of the molecule is O=C(NCC(C(=O)O)C1CCOCC1)c1ccc(CCC(F)(F)F)cc1. The van der Waals surface area contributed by atoms with Crippen molar-refractivity contribution in [2.75, 3.05) is 19.8 Å². The van der Waals surface area contributed by atoms with E-state index in [2.05, 4.69) is 5.32 Å². The maximum atomic E-state index is 12.2. The molecular formula is C18H22F3NO4. The van der Waals surface area contributed by atoms with Crippen LogP contribution in [0.15, 0.2) is 24.3 Å². The smallest absolute Gasteiger partial charge is 0.389 e. The fourth-order valence-corrected chi connectivity index (χ4v) is 2.99. The van der Waals surface area contributed by atoms with Gasteiger partial charge in [0, 0.05) is 31.7 Å². The molecule has 0 aliphatic carbocycles. The van der Waals surface area contributed by atoms with E-state index < -0.39 is 30.4 Å². The van der Waals surface area contributed by atoms with Crippen LogP contribution in [-0.4, -0.2) is 42.9 Å². The normalized spacial score (nSPS) is 16.9. The second kappa shape index (κ2) is 9.02. The number of carboxylic acid groups (broad SMARTS) is 1. The number of halogens is 3. The molecule has 0 bridgehead atoms. The molecular weight excluding hydrogens is 351 g/mol. The Kier molecular flexibility index (Phi) is 7.02. The van der Waals surface area contributed by atoms with Gasteiger partial charge in [0.05, 0.1) is 5.92 Å². The Bertz CT molecular complexity index is 610. The van der Waals surface area contributed by atoms with Gasteiger partial charge >= 0.3 is 12.1 Å². The summed E-state index contributed by atoms with van der Waals surface area (Å²) in [5, 5.41) is 12.0. The molecule has 2 rings (SSSR count). The number of hydrogen-bond donors (Lipinski definition) is 2. The zero-order valence-electron chi connectivity index (χ0n) is 14.2. The standard InChI is InChI=1S/C18H22F3NO4/c19-18(20,21)8-5-12-1-3-14(4-2-12)16(23)22-11-15(17(24)25)13-6-9-26-10-7-13/h1-4,13,15H,5-11H2,(H,22,23)(H,24,25). The van der Waals surface area contributed by atoms with E-state index in [4.69, 9.17) is 4.74 Å². The third-order valence-corrected chi connectivity index (χ3v) is 4.55. The Morgan fingerprint density at radius 2 is 1.81 bits per heavy atom. The number of carbonyl (C=O) groups is 2. The molecule has 0 radical (unpaired) electrons. The molecule has 0 aromatic heterocycles. The number of benzene rings is 1. The Balaban J connectivity index is 1.88. The lowest BCUT2D eigenvalue weighted by Crippen LogP contribution is -2.39. The summed E-state index contributed by atoms with van der Waals surface area (Å²) in [4.78, 5) is 23.6. The summed E-state index contributed by atoms with van der Waals surface area (Å²) in [6.45, 7) is 1.04. The molecule has 5 nitrogen and oxygen atoms in total. The first-order valence-corrected chi connectivity index (χ1v) is 8.50. The van der Waals surface area contributed by atoms with Gasteiger partial charge in [-0.15, -0.1) is 0 Å². The number of carboxylic acids is 1. The minimum Gasteiger partial charge on any atom is -0.481 e. The first-order chi connectivity index (χ1) is 12.3. The van der Waals surface area contributed by atoms with Gasteiger partial charge in [-0.2, -0.15) is 13.2 Å². The Morgan fingerprint density at radius 3 is 2.35 bits per heavy atom. The van der Waals surface area contributed by atoms with Gasteiger partial charge in [0.25, 0.3) is 5.91 Å². The van der Waals surface area contributed by atoms with Crippen molar-refractivity contribution >= 4 is 11.9 Å². The summed E-state index contributed by atoms with van der Waals surface area (Å²) in [7, 11) is 0. The lowest BCUT2D eigenvalue weighted by molar-refractivity contribution is -0.144. The van der Waals surface area contributed by atoms with E-state index >= 15 is 0 Å². The fraction of sp³-hybridized carbons (Fsp3) is 0.556. The number of aryl methyl sites for hydroxylation is 1. The Labute approximate surface area is 149 Å². The van der Waals surface area contributed by atoms with Gasteiger partial charge in [-0.1, -0.05) is 12.1 Å². The number of carbonyl (C=O) groups excluding carboxylic acids is 1. The molecule has 1 saturated heterocycles. The van der Waals surface area contributed by atoms with Crippen LogP contribution >= 0.6 is 0 Å². The van der Waals surface area contributed by atoms with E-state index in [9.17, 15) is 27.9 Å².